The Morgan fingerprint density at radius 2 is 1.67 bits per heavy atom. The van der Waals surface area contributed by atoms with E-state index in [0.717, 1.165) is 10.8 Å². The molecule has 1 unspecified atom stereocenters. The van der Waals surface area contributed by atoms with Gasteiger partial charge in [0.2, 0.25) is 5.91 Å². The first kappa shape index (κ1) is 38.6. The number of nitrogens with zero attached hydrogens (tertiary/aromatic N) is 1. The third-order valence-electron chi connectivity index (χ3n) is 6.39. The van der Waals surface area contributed by atoms with Crippen LogP contribution in [0.15, 0.2) is 77.8 Å². The normalized spacial score (nSPS) is 12.1. The standard InChI is InChI=1S/C31H33F3N4O3S.C2HF3O2/c1-4-40-26-16-21(9-12-25(26)41-19(2)3)28(38-23-10-11-24-20(15-23)13-14-36-29(24)35)30(39)37-17-22-7-5-6-8-27(22)42-18-31(32,33)34;3-2(4,5)1(6)7/h5-16,19,28,38H,4,17-18H2,1-3H3,(H2,35,36)(H,37,39);(H,6,7). The topological polar surface area (TPSA) is 136 Å². The smallest absolute Gasteiger partial charge is 0.490 e. The van der Waals surface area contributed by atoms with Crippen molar-refractivity contribution in [3.8, 4) is 11.5 Å². The molecular formula is C33H34F6N4O5S. The van der Waals surface area contributed by atoms with Crippen molar-refractivity contribution >= 4 is 45.9 Å². The number of halogens is 6. The molecule has 5 N–H and O–H groups in total. The number of carboxylic acids is 1. The van der Waals surface area contributed by atoms with Crippen molar-refractivity contribution in [2.75, 3.05) is 23.4 Å². The number of ether oxygens (including phenoxy) is 2. The number of amides is 1. The van der Waals surface area contributed by atoms with Crippen LogP contribution in [0.4, 0.5) is 37.8 Å². The maximum Gasteiger partial charge on any atom is 0.490 e. The van der Waals surface area contributed by atoms with E-state index in [1.165, 1.54) is 0 Å². The lowest BCUT2D eigenvalue weighted by Gasteiger charge is -2.23. The second-order valence-corrected chi connectivity index (χ2v) is 11.6. The molecule has 4 aromatic rings. The van der Waals surface area contributed by atoms with Gasteiger partial charge in [0.25, 0.3) is 0 Å². The molecular weight excluding hydrogens is 678 g/mol. The number of carbonyl (C=O) groups is 2. The lowest BCUT2D eigenvalue weighted by atomic mass is 10.0. The van der Waals surface area contributed by atoms with E-state index in [0.29, 0.717) is 57.4 Å². The Hall–Kier alpha value is -4.86. The number of nitrogen functional groups attached to an aromatic ring is 1. The quantitative estimate of drug-likeness (QED) is 0.0859. The molecule has 0 fully saturated rings. The summed E-state index contributed by atoms with van der Waals surface area (Å²) in [6.07, 6.45) is -7.86. The van der Waals surface area contributed by atoms with Gasteiger partial charge in [0, 0.05) is 28.7 Å². The van der Waals surface area contributed by atoms with Crippen LogP contribution in [0.5, 0.6) is 11.5 Å². The molecule has 1 atom stereocenters. The summed E-state index contributed by atoms with van der Waals surface area (Å²) >= 11 is 0.691. The van der Waals surface area contributed by atoms with E-state index in [1.54, 1.807) is 48.7 Å². The van der Waals surface area contributed by atoms with Crippen molar-refractivity contribution in [2.24, 2.45) is 0 Å². The molecule has 49 heavy (non-hydrogen) atoms. The summed E-state index contributed by atoms with van der Waals surface area (Å²) in [6.45, 7) is 6.13. The highest BCUT2D eigenvalue weighted by Crippen LogP contribution is 2.34. The molecule has 0 aliphatic heterocycles. The fraction of sp³-hybridized carbons (Fsp3) is 0.303. The van der Waals surface area contributed by atoms with E-state index >= 15 is 0 Å². The molecule has 3 aromatic carbocycles. The van der Waals surface area contributed by atoms with E-state index in [-0.39, 0.29) is 18.6 Å². The monoisotopic (exact) mass is 712 g/mol. The molecule has 1 amide bonds. The lowest BCUT2D eigenvalue weighted by Crippen LogP contribution is -2.33. The number of aliphatic carboxylic acids is 1. The molecule has 1 aromatic heterocycles. The zero-order valence-corrected chi connectivity index (χ0v) is 27.3. The van der Waals surface area contributed by atoms with Gasteiger partial charge in [-0.05, 0) is 79.7 Å². The highest BCUT2D eigenvalue weighted by molar-refractivity contribution is 7.99. The third-order valence-corrected chi connectivity index (χ3v) is 7.57. The number of thioether (sulfide) groups is 1. The molecule has 16 heteroatoms. The number of nitrogens with one attached hydrogen (secondary N) is 2. The van der Waals surface area contributed by atoms with Gasteiger partial charge in [0.05, 0.1) is 18.5 Å². The minimum Gasteiger partial charge on any atom is -0.490 e. The molecule has 9 nitrogen and oxygen atoms in total. The van der Waals surface area contributed by atoms with Crippen LogP contribution < -0.4 is 25.8 Å². The number of hydrogen-bond donors (Lipinski definition) is 4. The highest BCUT2D eigenvalue weighted by atomic mass is 32.2. The van der Waals surface area contributed by atoms with Crippen LogP contribution in [0.3, 0.4) is 0 Å². The summed E-state index contributed by atoms with van der Waals surface area (Å²) in [5, 5.41) is 15.0. The molecule has 0 radical (unpaired) electrons. The number of benzene rings is 3. The molecule has 264 valence electrons. The van der Waals surface area contributed by atoms with Crippen LogP contribution in [0.1, 0.15) is 37.9 Å². The van der Waals surface area contributed by atoms with Gasteiger partial charge in [-0.25, -0.2) is 9.78 Å². The summed E-state index contributed by atoms with van der Waals surface area (Å²) in [6, 6.07) is 18.5. The first-order valence-electron chi connectivity index (χ1n) is 14.7. The van der Waals surface area contributed by atoms with Crippen molar-refractivity contribution in [1.82, 2.24) is 10.3 Å². The first-order chi connectivity index (χ1) is 23.0. The molecule has 4 rings (SSSR count). The number of anilines is 2. The van der Waals surface area contributed by atoms with Gasteiger partial charge in [-0.1, -0.05) is 24.3 Å². The van der Waals surface area contributed by atoms with Crippen molar-refractivity contribution in [3.05, 3.63) is 84.1 Å². The summed E-state index contributed by atoms with van der Waals surface area (Å²) in [5.41, 5.74) is 7.87. The zero-order chi connectivity index (χ0) is 36.4. The Bertz CT molecular complexity index is 1740. The van der Waals surface area contributed by atoms with Gasteiger partial charge in [-0.3, -0.25) is 4.79 Å². The Balaban J connectivity index is 0.000000838. The first-order valence-corrected chi connectivity index (χ1v) is 15.7. The van der Waals surface area contributed by atoms with Crippen LogP contribution in [0.2, 0.25) is 0 Å². The second kappa shape index (κ2) is 17.0. The number of aromatic nitrogens is 1. The van der Waals surface area contributed by atoms with E-state index in [1.807, 2.05) is 45.0 Å². The fourth-order valence-corrected chi connectivity index (χ4v) is 5.14. The van der Waals surface area contributed by atoms with Gasteiger partial charge in [0.1, 0.15) is 11.9 Å². The van der Waals surface area contributed by atoms with Crippen molar-refractivity contribution in [2.45, 2.75) is 56.7 Å². The van der Waals surface area contributed by atoms with Crippen LogP contribution in [-0.4, -0.2) is 52.8 Å². The number of rotatable bonds is 12. The predicted octanol–water partition coefficient (Wildman–Crippen LogP) is 7.76. The van der Waals surface area contributed by atoms with Crippen LogP contribution >= 0.6 is 11.8 Å². The number of pyridine rings is 1. The number of fused-ring (bicyclic) bond motifs is 1. The molecule has 0 aliphatic carbocycles. The van der Waals surface area contributed by atoms with Crippen molar-refractivity contribution < 1.29 is 50.5 Å². The van der Waals surface area contributed by atoms with Gasteiger partial charge < -0.3 is 30.9 Å². The highest BCUT2D eigenvalue weighted by Gasteiger charge is 2.38. The molecule has 0 saturated carbocycles. The van der Waals surface area contributed by atoms with E-state index < -0.39 is 30.1 Å². The Morgan fingerprint density at radius 1 is 0.980 bits per heavy atom. The van der Waals surface area contributed by atoms with Crippen LogP contribution in [0.25, 0.3) is 10.8 Å². The van der Waals surface area contributed by atoms with Crippen molar-refractivity contribution in [3.63, 3.8) is 0 Å². The number of nitrogens with two attached hydrogens (primary N) is 1. The Labute approximate surface area is 282 Å². The number of alkyl halides is 6. The minimum absolute atomic E-state index is 0.0465. The van der Waals surface area contributed by atoms with E-state index in [2.05, 4.69) is 15.6 Å². The summed E-state index contributed by atoms with van der Waals surface area (Å²) in [5.74, 6) is -2.70. The maximum absolute atomic E-state index is 13.7. The van der Waals surface area contributed by atoms with Crippen LogP contribution in [-0.2, 0) is 16.1 Å². The SMILES string of the molecule is CCOc1cc(C(Nc2ccc3c(N)nccc3c2)C(=O)NCc2ccccc2SCC(F)(F)F)ccc1OC(C)C.O=C(O)C(F)(F)F. The van der Waals surface area contributed by atoms with Gasteiger partial charge >= 0.3 is 18.3 Å². The molecule has 0 saturated heterocycles. The summed E-state index contributed by atoms with van der Waals surface area (Å²) < 4.78 is 82.0. The molecule has 0 aliphatic rings. The van der Waals surface area contributed by atoms with Gasteiger partial charge in [-0.15, -0.1) is 11.8 Å². The van der Waals surface area contributed by atoms with Crippen molar-refractivity contribution in [1.29, 1.82) is 0 Å². The third kappa shape index (κ3) is 12.0. The number of hydrogen-bond acceptors (Lipinski definition) is 8. The van der Waals surface area contributed by atoms with Gasteiger partial charge in [-0.2, -0.15) is 26.3 Å². The van der Waals surface area contributed by atoms with E-state index in [4.69, 9.17) is 25.1 Å². The lowest BCUT2D eigenvalue weighted by molar-refractivity contribution is -0.192. The number of carboxylic acid groups (broad SMARTS) is 1. The second-order valence-electron chi connectivity index (χ2n) is 10.5. The average molecular weight is 713 g/mol. The average Bonchev–Trinajstić information content (AvgIpc) is 3.02. The number of carbonyl (C=O) groups excluding carboxylic acids is 1. The predicted molar refractivity (Wildman–Crippen MR) is 175 cm³/mol. The Kier molecular flexibility index (Phi) is 13.4. The zero-order valence-electron chi connectivity index (χ0n) is 26.5. The van der Waals surface area contributed by atoms with Crippen LogP contribution in [0, 0.1) is 0 Å². The summed E-state index contributed by atoms with van der Waals surface area (Å²) in [4.78, 5) is 27.2. The largest absolute Gasteiger partial charge is 0.490 e. The van der Waals surface area contributed by atoms with Gasteiger partial charge in [0.15, 0.2) is 11.5 Å². The fourth-order valence-electron chi connectivity index (χ4n) is 4.32. The summed E-state index contributed by atoms with van der Waals surface area (Å²) in [7, 11) is 0. The van der Waals surface area contributed by atoms with E-state index in [9.17, 15) is 31.1 Å². The Morgan fingerprint density at radius 3 is 2.31 bits per heavy atom. The molecule has 1 heterocycles. The maximum atomic E-state index is 13.7. The minimum atomic E-state index is -5.08. The molecule has 0 spiro atoms. The molecule has 0 bridgehead atoms.